The van der Waals surface area contributed by atoms with E-state index in [-0.39, 0.29) is 37.3 Å². The van der Waals surface area contributed by atoms with Gasteiger partial charge in [-0.2, -0.15) is 8.42 Å². The highest BCUT2D eigenvalue weighted by molar-refractivity contribution is 7.86. The SMILES string of the molecule is CCCCCCCCCC(=O)OCCOCCOS(=O)(=O)c1ccccc1. The molecule has 0 unspecified atom stereocenters. The second-order valence-corrected chi connectivity index (χ2v) is 7.91. The Balaban J connectivity index is 1.96. The molecule has 0 aromatic heterocycles. The van der Waals surface area contributed by atoms with Gasteiger partial charge in [-0.25, -0.2) is 0 Å². The molecule has 0 fully saturated rings. The zero-order valence-corrected chi connectivity index (χ0v) is 17.0. The second-order valence-electron chi connectivity index (χ2n) is 6.29. The lowest BCUT2D eigenvalue weighted by molar-refractivity contribution is -0.145. The maximum atomic E-state index is 11.9. The minimum absolute atomic E-state index is 0.0802. The Kier molecular flexibility index (Phi) is 12.8. The maximum absolute atomic E-state index is 11.9. The van der Waals surface area contributed by atoms with Gasteiger partial charge in [-0.15, -0.1) is 0 Å². The number of benzene rings is 1. The lowest BCUT2D eigenvalue weighted by Gasteiger charge is -2.07. The van der Waals surface area contributed by atoms with Crippen molar-refractivity contribution in [1.82, 2.24) is 0 Å². The second kappa shape index (κ2) is 14.6. The average molecular weight is 401 g/mol. The molecule has 0 aliphatic rings. The third kappa shape index (κ3) is 11.8. The molecule has 0 atom stereocenters. The summed E-state index contributed by atoms with van der Waals surface area (Å²) in [4.78, 5) is 11.7. The number of hydrogen-bond donors (Lipinski definition) is 0. The summed E-state index contributed by atoms with van der Waals surface area (Å²) in [5, 5.41) is 0. The van der Waals surface area contributed by atoms with Gasteiger partial charge in [0.05, 0.1) is 24.7 Å². The van der Waals surface area contributed by atoms with Gasteiger partial charge in [-0.1, -0.05) is 63.6 Å². The molecule has 0 heterocycles. The largest absolute Gasteiger partial charge is 0.463 e. The Morgan fingerprint density at radius 3 is 2.19 bits per heavy atom. The quantitative estimate of drug-likeness (QED) is 0.236. The highest BCUT2D eigenvalue weighted by atomic mass is 32.2. The fraction of sp³-hybridized carbons (Fsp3) is 0.650. The Labute approximate surface area is 163 Å². The summed E-state index contributed by atoms with van der Waals surface area (Å²) >= 11 is 0. The molecule has 1 aromatic rings. The van der Waals surface area contributed by atoms with Crippen LogP contribution in [-0.4, -0.2) is 40.8 Å². The van der Waals surface area contributed by atoms with Crippen LogP contribution < -0.4 is 0 Å². The molecule has 1 rings (SSSR count). The van der Waals surface area contributed by atoms with E-state index in [9.17, 15) is 13.2 Å². The molecule has 0 aliphatic carbocycles. The third-order valence-electron chi connectivity index (χ3n) is 3.97. The van der Waals surface area contributed by atoms with E-state index in [1.165, 1.54) is 44.2 Å². The first-order valence-electron chi connectivity index (χ1n) is 9.74. The predicted molar refractivity (Wildman–Crippen MR) is 104 cm³/mol. The molecule has 0 N–H and O–H groups in total. The molecular weight excluding hydrogens is 368 g/mol. The Morgan fingerprint density at radius 1 is 0.852 bits per heavy atom. The van der Waals surface area contributed by atoms with Crippen LogP contribution in [0.5, 0.6) is 0 Å². The van der Waals surface area contributed by atoms with E-state index >= 15 is 0 Å². The van der Waals surface area contributed by atoms with E-state index in [2.05, 4.69) is 6.92 Å². The van der Waals surface area contributed by atoms with Crippen LogP contribution >= 0.6 is 0 Å². The fourth-order valence-corrected chi connectivity index (χ4v) is 3.39. The molecule has 0 aliphatic heterocycles. The first-order valence-corrected chi connectivity index (χ1v) is 11.1. The lowest BCUT2D eigenvalue weighted by atomic mass is 10.1. The van der Waals surface area contributed by atoms with E-state index < -0.39 is 10.1 Å². The number of ether oxygens (including phenoxy) is 2. The molecule has 0 spiro atoms. The van der Waals surface area contributed by atoms with Crippen molar-refractivity contribution in [3.63, 3.8) is 0 Å². The number of carbonyl (C=O) groups excluding carboxylic acids is 1. The van der Waals surface area contributed by atoms with Crippen molar-refractivity contribution in [2.45, 2.75) is 63.2 Å². The van der Waals surface area contributed by atoms with Crippen molar-refractivity contribution in [3.8, 4) is 0 Å². The third-order valence-corrected chi connectivity index (χ3v) is 5.30. The highest BCUT2D eigenvalue weighted by Gasteiger charge is 2.13. The molecule has 154 valence electrons. The number of hydrogen-bond acceptors (Lipinski definition) is 6. The van der Waals surface area contributed by atoms with E-state index in [1.807, 2.05) is 0 Å². The van der Waals surface area contributed by atoms with Crippen molar-refractivity contribution >= 4 is 16.1 Å². The van der Waals surface area contributed by atoms with Crippen LogP contribution in [0.3, 0.4) is 0 Å². The summed E-state index contributed by atoms with van der Waals surface area (Å²) in [6.07, 6.45) is 8.55. The van der Waals surface area contributed by atoms with E-state index in [1.54, 1.807) is 18.2 Å². The minimum Gasteiger partial charge on any atom is -0.463 e. The highest BCUT2D eigenvalue weighted by Crippen LogP contribution is 2.11. The predicted octanol–water partition coefficient (Wildman–Crippen LogP) is 4.09. The Hall–Kier alpha value is -1.44. The van der Waals surface area contributed by atoms with E-state index in [0.717, 1.165) is 12.8 Å². The summed E-state index contributed by atoms with van der Waals surface area (Å²) in [5.41, 5.74) is 0. The van der Waals surface area contributed by atoms with Crippen molar-refractivity contribution < 1.29 is 26.9 Å². The zero-order chi connectivity index (χ0) is 19.8. The molecule has 1 aromatic carbocycles. The van der Waals surface area contributed by atoms with Crippen LogP contribution in [-0.2, 0) is 28.6 Å². The number of unbranched alkanes of at least 4 members (excludes halogenated alkanes) is 6. The monoisotopic (exact) mass is 400 g/mol. The first kappa shape index (κ1) is 23.6. The molecule has 0 saturated heterocycles. The standard InChI is InChI=1S/C20H32O6S/c1-2-3-4-5-6-7-11-14-20(21)25-17-15-24-16-18-26-27(22,23)19-12-9-8-10-13-19/h8-10,12-13H,2-7,11,14-18H2,1H3. The fourth-order valence-electron chi connectivity index (χ4n) is 2.47. The Morgan fingerprint density at radius 2 is 1.48 bits per heavy atom. The van der Waals surface area contributed by atoms with Gasteiger partial charge >= 0.3 is 5.97 Å². The van der Waals surface area contributed by atoms with Gasteiger partial charge in [0.2, 0.25) is 0 Å². The van der Waals surface area contributed by atoms with E-state index in [0.29, 0.717) is 6.42 Å². The topological polar surface area (TPSA) is 78.9 Å². The van der Waals surface area contributed by atoms with Gasteiger partial charge in [-0.3, -0.25) is 8.98 Å². The molecule has 6 nitrogen and oxygen atoms in total. The summed E-state index contributed by atoms with van der Waals surface area (Å²) < 4.78 is 38.9. The van der Waals surface area contributed by atoms with Gasteiger partial charge in [0.1, 0.15) is 6.61 Å². The van der Waals surface area contributed by atoms with Crippen LogP contribution in [0.1, 0.15) is 58.3 Å². The summed E-state index contributed by atoms with van der Waals surface area (Å²) in [5.74, 6) is -0.213. The van der Waals surface area contributed by atoms with Crippen molar-refractivity contribution in [2.24, 2.45) is 0 Å². The molecule has 0 bridgehead atoms. The minimum atomic E-state index is -3.75. The number of rotatable bonds is 16. The van der Waals surface area contributed by atoms with Crippen LogP contribution in [0.25, 0.3) is 0 Å². The number of esters is 1. The van der Waals surface area contributed by atoms with Crippen LogP contribution in [0.15, 0.2) is 35.2 Å². The van der Waals surface area contributed by atoms with Crippen molar-refractivity contribution in [3.05, 3.63) is 30.3 Å². The van der Waals surface area contributed by atoms with Gasteiger partial charge in [0, 0.05) is 6.42 Å². The summed E-state index contributed by atoms with van der Waals surface area (Å²) in [7, 11) is -3.75. The average Bonchev–Trinajstić information content (AvgIpc) is 2.67. The molecule has 0 radical (unpaired) electrons. The van der Waals surface area contributed by atoms with Gasteiger partial charge < -0.3 is 9.47 Å². The molecule has 0 amide bonds. The zero-order valence-electron chi connectivity index (χ0n) is 16.2. The van der Waals surface area contributed by atoms with Crippen LogP contribution in [0, 0.1) is 0 Å². The first-order chi connectivity index (χ1) is 13.1. The summed E-state index contributed by atoms with van der Waals surface area (Å²) in [6.45, 7) is 2.61. The molecular formula is C20H32O6S. The summed E-state index contributed by atoms with van der Waals surface area (Å²) in [6, 6.07) is 7.94. The lowest BCUT2D eigenvalue weighted by Crippen LogP contribution is -2.15. The van der Waals surface area contributed by atoms with Crippen molar-refractivity contribution in [1.29, 1.82) is 0 Å². The molecule has 7 heteroatoms. The molecule has 27 heavy (non-hydrogen) atoms. The van der Waals surface area contributed by atoms with Crippen LogP contribution in [0.2, 0.25) is 0 Å². The van der Waals surface area contributed by atoms with Gasteiger partial charge in [-0.05, 0) is 18.6 Å². The molecule has 0 saturated carbocycles. The Bertz CT molecular complexity index is 600. The maximum Gasteiger partial charge on any atom is 0.305 e. The smallest absolute Gasteiger partial charge is 0.305 e. The van der Waals surface area contributed by atoms with Crippen LogP contribution in [0.4, 0.5) is 0 Å². The van der Waals surface area contributed by atoms with Gasteiger partial charge in [0.15, 0.2) is 0 Å². The van der Waals surface area contributed by atoms with Gasteiger partial charge in [0.25, 0.3) is 10.1 Å². The van der Waals surface area contributed by atoms with Crippen molar-refractivity contribution in [2.75, 3.05) is 26.4 Å². The van der Waals surface area contributed by atoms with E-state index in [4.69, 9.17) is 13.7 Å². The normalized spacial score (nSPS) is 11.4. The number of carbonyl (C=O) groups is 1.